The Morgan fingerprint density at radius 3 is 2.37 bits per heavy atom. The van der Waals surface area contributed by atoms with Crippen LogP contribution in [0.4, 0.5) is 0 Å². The zero-order chi connectivity index (χ0) is 19.2. The highest BCUT2D eigenvalue weighted by Crippen LogP contribution is 2.17. The summed E-state index contributed by atoms with van der Waals surface area (Å²) < 4.78 is 17.0. The van der Waals surface area contributed by atoms with Crippen LogP contribution in [0.2, 0.25) is 0 Å². The van der Waals surface area contributed by atoms with Crippen molar-refractivity contribution >= 4 is 16.7 Å². The van der Waals surface area contributed by atoms with Crippen LogP contribution >= 0.6 is 0 Å². The van der Waals surface area contributed by atoms with E-state index in [-0.39, 0.29) is 25.2 Å². The second-order valence-corrected chi connectivity index (χ2v) is 5.84. The summed E-state index contributed by atoms with van der Waals surface area (Å²) >= 11 is 0. The summed E-state index contributed by atoms with van der Waals surface area (Å²) in [6.07, 6.45) is -0.0167. The van der Waals surface area contributed by atoms with Crippen molar-refractivity contribution in [3.8, 4) is 11.5 Å². The summed E-state index contributed by atoms with van der Waals surface area (Å²) in [6, 6.07) is 14.2. The largest absolute Gasteiger partial charge is 0.497 e. The van der Waals surface area contributed by atoms with Gasteiger partial charge in [0.1, 0.15) is 24.7 Å². The van der Waals surface area contributed by atoms with E-state index in [1.54, 1.807) is 62.7 Å². The molecule has 0 N–H and O–H groups in total. The lowest BCUT2D eigenvalue weighted by molar-refractivity contribution is -0.143. The van der Waals surface area contributed by atoms with Crippen molar-refractivity contribution in [3.05, 3.63) is 64.6 Å². The number of fused-ring (bicyclic) bond motifs is 1. The van der Waals surface area contributed by atoms with Gasteiger partial charge in [-0.15, -0.1) is 0 Å². The molecular formula is C20H20N2O5. The van der Waals surface area contributed by atoms with Crippen LogP contribution in [0.25, 0.3) is 10.8 Å². The van der Waals surface area contributed by atoms with Gasteiger partial charge in [-0.25, -0.2) is 4.68 Å². The monoisotopic (exact) mass is 368 g/mol. The lowest BCUT2D eigenvalue weighted by Gasteiger charge is -2.09. The molecule has 0 spiro atoms. The van der Waals surface area contributed by atoms with Crippen molar-refractivity contribution in [2.45, 2.75) is 6.42 Å². The standard InChI is InChI=1S/C20H20N2O5/c1-22-20(24)17-6-4-3-5-16(17)18(21-22)13-19(23)27-12-11-26-15-9-7-14(25-2)8-10-15/h3-10H,11-13H2,1-2H3. The van der Waals surface area contributed by atoms with E-state index in [9.17, 15) is 9.59 Å². The van der Waals surface area contributed by atoms with E-state index in [4.69, 9.17) is 14.2 Å². The number of methoxy groups -OCH3 is 1. The van der Waals surface area contributed by atoms with Crippen LogP contribution in [0.5, 0.6) is 11.5 Å². The number of carbonyl (C=O) groups excluding carboxylic acids is 1. The molecule has 0 aliphatic carbocycles. The Kier molecular flexibility index (Phi) is 5.71. The minimum Gasteiger partial charge on any atom is -0.497 e. The van der Waals surface area contributed by atoms with Crippen molar-refractivity contribution in [1.29, 1.82) is 0 Å². The Hall–Kier alpha value is -3.35. The normalized spacial score (nSPS) is 10.6. The molecule has 0 fully saturated rings. The van der Waals surface area contributed by atoms with Gasteiger partial charge in [-0.05, 0) is 30.3 Å². The molecule has 0 aliphatic rings. The molecule has 2 aromatic carbocycles. The minimum atomic E-state index is -0.426. The maximum absolute atomic E-state index is 12.1. The topological polar surface area (TPSA) is 79.7 Å². The maximum atomic E-state index is 12.1. The van der Waals surface area contributed by atoms with Gasteiger partial charge in [-0.3, -0.25) is 9.59 Å². The molecule has 0 bridgehead atoms. The number of benzene rings is 2. The Labute approximate surface area is 156 Å². The molecule has 7 heteroatoms. The third kappa shape index (κ3) is 4.44. The second kappa shape index (κ2) is 8.35. The fraction of sp³-hybridized carbons (Fsp3) is 0.250. The van der Waals surface area contributed by atoms with Crippen molar-refractivity contribution in [1.82, 2.24) is 9.78 Å². The molecule has 0 aliphatic heterocycles. The van der Waals surface area contributed by atoms with E-state index in [1.165, 1.54) is 4.68 Å². The van der Waals surface area contributed by atoms with Crippen LogP contribution in [-0.4, -0.2) is 36.1 Å². The number of ether oxygens (including phenoxy) is 3. The molecule has 3 rings (SSSR count). The third-order valence-corrected chi connectivity index (χ3v) is 4.02. The number of nitrogens with zero attached hydrogens (tertiary/aromatic N) is 2. The molecule has 3 aromatic rings. The quantitative estimate of drug-likeness (QED) is 0.469. The molecule has 1 heterocycles. The van der Waals surface area contributed by atoms with Crippen LogP contribution in [-0.2, 0) is 23.0 Å². The molecule has 140 valence electrons. The first kappa shape index (κ1) is 18.4. The molecule has 0 saturated heterocycles. The molecule has 0 amide bonds. The smallest absolute Gasteiger partial charge is 0.312 e. The predicted molar refractivity (Wildman–Crippen MR) is 100 cm³/mol. The average Bonchev–Trinajstić information content (AvgIpc) is 2.69. The van der Waals surface area contributed by atoms with Gasteiger partial charge in [0.25, 0.3) is 5.56 Å². The van der Waals surface area contributed by atoms with Crippen LogP contribution < -0.4 is 15.0 Å². The Morgan fingerprint density at radius 1 is 1.00 bits per heavy atom. The lowest BCUT2D eigenvalue weighted by Crippen LogP contribution is -2.23. The van der Waals surface area contributed by atoms with Crippen molar-refractivity contribution in [2.75, 3.05) is 20.3 Å². The number of esters is 1. The van der Waals surface area contributed by atoms with Gasteiger partial charge in [0.05, 0.1) is 24.6 Å². The molecule has 0 unspecified atom stereocenters. The Bertz CT molecular complexity index is 995. The van der Waals surface area contributed by atoms with E-state index in [1.807, 2.05) is 0 Å². The molecule has 0 saturated carbocycles. The number of carbonyl (C=O) groups is 1. The fourth-order valence-electron chi connectivity index (χ4n) is 2.68. The first-order chi connectivity index (χ1) is 13.1. The van der Waals surface area contributed by atoms with Crippen molar-refractivity contribution < 1.29 is 19.0 Å². The summed E-state index contributed by atoms with van der Waals surface area (Å²) in [7, 11) is 3.16. The summed E-state index contributed by atoms with van der Waals surface area (Å²) in [5, 5.41) is 5.38. The number of aryl methyl sites for hydroxylation is 1. The molecular weight excluding hydrogens is 348 g/mol. The van der Waals surface area contributed by atoms with E-state index in [0.29, 0.717) is 22.2 Å². The van der Waals surface area contributed by atoms with Crippen LogP contribution in [0, 0.1) is 0 Å². The summed E-state index contributed by atoms with van der Waals surface area (Å²) in [5.41, 5.74) is 0.310. The Morgan fingerprint density at radius 2 is 1.67 bits per heavy atom. The number of hydrogen-bond acceptors (Lipinski definition) is 6. The van der Waals surface area contributed by atoms with E-state index < -0.39 is 5.97 Å². The van der Waals surface area contributed by atoms with Crippen LogP contribution in [0.3, 0.4) is 0 Å². The fourth-order valence-corrected chi connectivity index (χ4v) is 2.68. The van der Waals surface area contributed by atoms with Crippen LogP contribution in [0.15, 0.2) is 53.3 Å². The SMILES string of the molecule is COc1ccc(OCCOC(=O)Cc2nn(C)c(=O)c3ccccc23)cc1. The highest BCUT2D eigenvalue weighted by Gasteiger charge is 2.13. The highest BCUT2D eigenvalue weighted by molar-refractivity contribution is 5.86. The van der Waals surface area contributed by atoms with Crippen molar-refractivity contribution in [3.63, 3.8) is 0 Å². The van der Waals surface area contributed by atoms with Gasteiger partial charge in [-0.2, -0.15) is 5.10 Å². The number of aromatic nitrogens is 2. The summed E-state index contributed by atoms with van der Waals surface area (Å²) in [4.78, 5) is 24.2. The third-order valence-electron chi connectivity index (χ3n) is 4.02. The molecule has 7 nitrogen and oxygen atoms in total. The van der Waals surface area contributed by atoms with Gasteiger partial charge in [0.15, 0.2) is 0 Å². The van der Waals surface area contributed by atoms with E-state index in [0.717, 1.165) is 5.75 Å². The number of hydrogen-bond donors (Lipinski definition) is 0. The first-order valence-corrected chi connectivity index (χ1v) is 8.46. The molecule has 0 radical (unpaired) electrons. The highest BCUT2D eigenvalue weighted by atomic mass is 16.6. The Balaban J connectivity index is 1.56. The lowest BCUT2D eigenvalue weighted by atomic mass is 10.1. The second-order valence-electron chi connectivity index (χ2n) is 5.84. The van der Waals surface area contributed by atoms with Gasteiger partial charge in [0, 0.05) is 12.4 Å². The van der Waals surface area contributed by atoms with Gasteiger partial charge < -0.3 is 14.2 Å². The number of rotatable bonds is 7. The van der Waals surface area contributed by atoms with Gasteiger partial charge >= 0.3 is 5.97 Å². The molecule has 0 atom stereocenters. The first-order valence-electron chi connectivity index (χ1n) is 8.46. The minimum absolute atomic E-state index is 0.0167. The predicted octanol–water partition coefficient (Wildman–Crippen LogP) is 2.11. The van der Waals surface area contributed by atoms with Crippen LogP contribution in [0.1, 0.15) is 5.69 Å². The molecule has 27 heavy (non-hydrogen) atoms. The molecule has 1 aromatic heterocycles. The average molecular weight is 368 g/mol. The zero-order valence-corrected chi connectivity index (χ0v) is 15.2. The van der Waals surface area contributed by atoms with E-state index >= 15 is 0 Å². The summed E-state index contributed by atoms with van der Waals surface area (Å²) in [5.74, 6) is 0.980. The maximum Gasteiger partial charge on any atom is 0.312 e. The van der Waals surface area contributed by atoms with Gasteiger partial charge in [-0.1, -0.05) is 18.2 Å². The summed E-state index contributed by atoms with van der Waals surface area (Å²) in [6.45, 7) is 0.355. The van der Waals surface area contributed by atoms with Crippen molar-refractivity contribution in [2.24, 2.45) is 7.05 Å². The van der Waals surface area contributed by atoms with Gasteiger partial charge in [0.2, 0.25) is 0 Å². The van der Waals surface area contributed by atoms with E-state index in [2.05, 4.69) is 5.10 Å². The zero-order valence-electron chi connectivity index (χ0n) is 15.2.